The van der Waals surface area contributed by atoms with E-state index in [-0.39, 0.29) is 25.2 Å². The lowest BCUT2D eigenvalue weighted by molar-refractivity contribution is -0.197. The molecule has 0 bridgehead atoms. The normalized spacial score (nSPS) is 47.6. The second-order valence-corrected chi connectivity index (χ2v) is 13.0. The Kier molecular flexibility index (Phi) is 6.46. The van der Waals surface area contributed by atoms with Crippen molar-refractivity contribution in [3.05, 3.63) is 11.6 Å². The monoisotopic (exact) mass is 496 g/mol. The van der Waals surface area contributed by atoms with Crippen molar-refractivity contribution in [2.45, 2.75) is 120 Å². The molecule has 0 spiro atoms. The first-order chi connectivity index (χ1) is 16.0. The Morgan fingerprint density at radius 2 is 1.66 bits per heavy atom. The zero-order valence-corrected chi connectivity index (χ0v) is 21.5. The van der Waals surface area contributed by atoms with Gasteiger partial charge in [0, 0.05) is 17.3 Å². The molecule has 4 aliphatic carbocycles. The zero-order chi connectivity index (χ0) is 26.2. The van der Waals surface area contributed by atoms with E-state index in [0.717, 1.165) is 0 Å². The van der Waals surface area contributed by atoms with Crippen LogP contribution in [0, 0.1) is 22.7 Å². The van der Waals surface area contributed by atoms with E-state index in [1.54, 1.807) is 6.92 Å². The minimum absolute atomic E-state index is 0.000541. The van der Waals surface area contributed by atoms with Crippen molar-refractivity contribution >= 4 is 5.78 Å². The molecule has 10 atom stereocenters. The highest BCUT2D eigenvalue weighted by Crippen LogP contribution is 2.69. The predicted octanol–water partition coefficient (Wildman–Crippen LogP) is 0.970. The van der Waals surface area contributed by atoms with Crippen molar-refractivity contribution in [3.63, 3.8) is 0 Å². The number of aliphatic hydroxyl groups excluding tert-OH is 3. The molecule has 0 amide bonds. The van der Waals surface area contributed by atoms with Gasteiger partial charge in [-0.3, -0.25) is 4.79 Å². The van der Waals surface area contributed by atoms with E-state index in [2.05, 4.69) is 0 Å². The van der Waals surface area contributed by atoms with Crippen LogP contribution in [0.4, 0.5) is 0 Å². The lowest BCUT2D eigenvalue weighted by Gasteiger charge is -2.62. The highest BCUT2D eigenvalue weighted by atomic mass is 16.3. The van der Waals surface area contributed by atoms with Gasteiger partial charge in [0.1, 0.15) is 5.60 Å². The molecule has 0 radical (unpaired) electrons. The van der Waals surface area contributed by atoms with Crippen LogP contribution < -0.4 is 0 Å². The molecule has 3 saturated carbocycles. The summed E-state index contributed by atoms with van der Waals surface area (Å²) in [5.41, 5.74) is -6.92. The number of carbonyl (C=O) groups is 1. The van der Waals surface area contributed by atoms with Gasteiger partial charge in [-0.15, -0.1) is 0 Å². The van der Waals surface area contributed by atoms with Crippen LogP contribution in [0.25, 0.3) is 0 Å². The molecule has 0 heterocycles. The highest BCUT2D eigenvalue weighted by Gasteiger charge is 2.71. The number of fused-ring (bicyclic) bond motifs is 5. The number of rotatable bonds is 6. The van der Waals surface area contributed by atoms with Crippen molar-refractivity contribution in [2.75, 3.05) is 6.61 Å². The average Bonchev–Trinajstić information content (AvgIpc) is 3.06. The maximum absolute atomic E-state index is 13.3. The summed E-state index contributed by atoms with van der Waals surface area (Å²) in [5, 5.41) is 75.9. The molecule has 0 aromatic carbocycles. The summed E-state index contributed by atoms with van der Waals surface area (Å²) in [4.78, 5) is 13.3. The molecule has 8 heteroatoms. The van der Waals surface area contributed by atoms with E-state index in [1.165, 1.54) is 13.0 Å². The van der Waals surface area contributed by atoms with Gasteiger partial charge in [0.05, 0.1) is 35.6 Å². The molecule has 200 valence electrons. The lowest BCUT2D eigenvalue weighted by atomic mass is 9.44. The first-order valence-electron chi connectivity index (χ1n) is 13.1. The number of hydrogen-bond donors (Lipinski definition) is 7. The summed E-state index contributed by atoms with van der Waals surface area (Å²) in [7, 11) is 0. The summed E-state index contributed by atoms with van der Waals surface area (Å²) in [6.45, 7) is 6.42. The fourth-order valence-corrected chi connectivity index (χ4v) is 8.31. The number of aliphatic hydroxyl groups is 7. The minimum Gasteiger partial charge on any atom is -0.393 e. The molecule has 0 saturated heterocycles. The lowest BCUT2D eigenvalue weighted by Crippen LogP contribution is -2.67. The SMILES string of the molecule is C[C@](O)(CO)CC[C@H](O)[C@](C)(O)[C@H]1CC[C@@]2(O)C3=CC(=O)[C@]4(O)C[C@@H](O)CC[C@]4(C)[C@H]3CC[C@]12C. The molecule has 8 nitrogen and oxygen atoms in total. The Morgan fingerprint density at radius 3 is 2.29 bits per heavy atom. The molecule has 3 fully saturated rings. The molecule has 0 aromatic rings. The van der Waals surface area contributed by atoms with E-state index in [9.17, 15) is 40.5 Å². The van der Waals surface area contributed by atoms with Crippen LogP contribution in [0.1, 0.15) is 85.5 Å². The van der Waals surface area contributed by atoms with E-state index in [1.807, 2.05) is 13.8 Å². The summed E-state index contributed by atoms with van der Waals surface area (Å²) >= 11 is 0. The zero-order valence-electron chi connectivity index (χ0n) is 21.5. The smallest absolute Gasteiger partial charge is 0.187 e. The standard InChI is InChI=1S/C27H44O8/c1-22(32,15-28)9-8-20(30)25(4,33)19-7-12-26(34)18-13-21(31)27(35)14-16(29)5-10-23(27,2)17(18)6-11-24(19,26)3/h13,16-17,19-20,28-30,32-35H,5-12,14-15H2,1-4H3/t16-,17-,19-,20-,22+,23+,24+,25+,26+,27+/m0/s1. The van der Waals surface area contributed by atoms with Crippen LogP contribution in [-0.4, -0.2) is 82.7 Å². The Labute approximate surface area is 207 Å². The van der Waals surface area contributed by atoms with Crippen LogP contribution in [-0.2, 0) is 4.79 Å². The second kappa shape index (κ2) is 8.32. The van der Waals surface area contributed by atoms with E-state index >= 15 is 0 Å². The van der Waals surface area contributed by atoms with Crippen molar-refractivity contribution in [1.82, 2.24) is 0 Å². The van der Waals surface area contributed by atoms with Gasteiger partial charge >= 0.3 is 0 Å². The number of carbonyl (C=O) groups excluding carboxylic acids is 1. The number of ketones is 1. The third-order valence-corrected chi connectivity index (χ3v) is 10.9. The molecular formula is C27H44O8. The maximum Gasteiger partial charge on any atom is 0.187 e. The summed E-state index contributed by atoms with van der Waals surface area (Å²) in [6.07, 6.45) is 2.63. The Bertz CT molecular complexity index is 898. The molecule has 0 aliphatic heterocycles. The first-order valence-corrected chi connectivity index (χ1v) is 13.1. The van der Waals surface area contributed by atoms with Crippen molar-refractivity contribution < 1.29 is 40.5 Å². The van der Waals surface area contributed by atoms with Gasteiger partial charge < -0.3 is 35.7 Å². The van der Waals surface area contributed by atoms with Crippen molar-refractivity contribution in [2.24, 2.45) is 22.7 Å². The summed E-state index contributed by atoms with van der Waals surface area (Å²) in [5.74, 6) is -1.15. The van der Waals surface area contributed by atoms with Crippen LogP contribution in [0.5, 0.6) is 0 Å². The Balaban J connectivity index is 1.66. The van der Waals surface area contributed by atoms with Crippen LogP contribution in [0.15, 0.2) is 11.6 Å². The van der Waals surface area contributed by atoms with E-state index in [0.29, 0.717) is 44.1 Å². The third kappa shape index (κ3) is 3.70. The van der Waals surface area contributed by atoms with Gasteiger partial charge in [-0.1, -0.05) is 13.8 Å². The largest absolute Gasteiger partial charge is 0.393 e. The fourth-order valence-electron chi connectivity index (χ4n) is 8.31. The fraction of sp³-hybridized carbons (Fsp3) is 0.889. The molecule has 0 unspecified atom stereocenters. The van der Waals surface area contributed by atoms with Gasteiger partial charge in [0.15, 0.2) is 5.78 Å². The molecule has 7 N–H and O–H groups in total. The van der Waals surface area contributed by atoms with Gasteiger partial charge in [-0.25, -0.2) is 0 Å². The van der Waals surface area contributed by atoms with Gasteiger partial charge in [0.2, 0.25) is 0 Å². The highest BCUT2D eigenvalue weighted by molar-refractivity contribution is 6.00. The topological polar surface area (TPSA) is 159 Å². The molecule has 35 heavy (non-hydrogen) atoms. The Hall–Kier alpha value is -0.870. The van der Waals surface area contributed by atoms with Gasteiger partial charge in [-0.2, -0.15) is 0 Å². The average molecular weight is 497 g/mol. The van der Waals surface area contributed by atoms with Gasteiger partial charge in [0.25, 0.3) is 0 Å². The Morgan fingerprint density at radius 1 is 1.03 bits per heavy atom. The van der Waals surface area contributed by atoms with Crippen molar-refractivity contribution in [1.29, 1.82) is 0 Å². The van der Waals surface area contributed by atoms with Crippen LogP contribution in [0.2, 0.25) is 0 Å². The first kappa shape index (κ1) is 27.2. The third-order valence-electron chi connectivity index (χ3n) is 10.9. The van der Waals surface area contributed by atoms with Crippen LogP contribution >= 0.6 is 0 Å². The molecule has 0 aromatic heterocycles. The van der Waals surface area contributed by atoms with Crippen molar-refractivity contribution in [3.8, 4) is 0 Å². The minimum atomic E-state index is -1.66. The van der Waals surface area contributed by atoms with E-state index in [4.69, 9.17) is 0 Å². The predicted molar refractivity (Wildman–Crippen MR) is 128 cm³/mol. The van der Waals surface area contributed by atoms with E-state index < -0.39 is 63.8 Å². The molecule has 4 rings (SSSR count). The molecular weight excluding hydrogens is 452 g/mol. The number of hydrogen-bond acceptors (Lipinski definition) is 8. The maximum atomic E-state index is 13.3. The molecule has 4 aliphatic rings. The van der Waals surface area contributed by atoms with Crippen LogP contribution in [0.3, 0.4) is 0 Å². The van der Waals surface area contributed by atoms with Gasteiger partial charge in [-0.05, 0) is 88.7 Å². The second-order valence-electron chi connectivity index (χ2n) is 13.0. The summed E-state index contributed by atoms with van der Waals surface area (Å²) in [6, 6.07) is 0. The quantitative estimate of drug-likeness (QED) is 0.287. The summed E-state index contributed by atoms with van der Waals surface area (Å²) < 4.78 is 0.